The van der Waals surface area contributed by atoms with Gasteiger partial charge in [0, 0.05) is 12.6 Å². The van der Waals surface area contributed by atoms with Crippen LogP contribution in [0.25, 0.3) is 0 Å². The van der Waals surface area contributed by atoms with Crippen molar-refractivity contribution in [3.63, 3.8) is 0 Å². The summed E-state index contributed by atoms with van der Waals surface area (Å²) in [5.41, 5.74) is 1.97. The number of methoxy groups -OCH3 is 1. The monoisotopic (exact) mass is 265 g/mol. The fourth-order valence-electron chi connectivity index (χ4n) is 1.77. The van der Waals surface area contributed by atoms with E-state index in [-0.39, 0.29) is 24.5 Å². The van der Waals surface area contributed by atoms with Crippen LogP contribution in [0.4, 0.5) is 0 Å². The van der Waals surface area contributed by atoms with Crippen LogP contribution in [0.1, 0.15) is 25.0 Å². The summed E-state index contributed by atoms with van der Waals surface area (Å²) in [5.74, 6) is 0.803. The van der Waals surface area contributed by atoms with Gasteiger partial charge in [0.05, 0.1) is 13.5 Å². The molecule has 0 aliphatic carbocycles. The Kier molecular flexibility index (Phi) is 5.83. The Morgan fingerprint density at radius 3 is 2.68 bits per heavy atom. The van der Waals surface area contributed by atoms with E-state index in [1.807, 2.05) is 39.0 Å². The Balaban J connectivity index is 2.62. The quantitative estimate of drug-likeness (QED) is 0.822. The lowest BCUT2D eigenvalue weighted by atomic mass is 10.0. The number of benzene rings is 1. The third-order valence-electron chi connectivity index (χ3n) is 3.37. The summed E-state index contributed by atoms with van der Waals surface area (Å²) in [6.45, 7) is 5.84. The molecule has 4 nitrogen and oxygen atoms in total. The SMILES string of the molecule is COc1cc(CC(=O)NC(C)C(C)CO)ccc1C. The molecule has 0 fully saturated rings. The number of carbonyl (C=O) groups excluding carboxylic acids is 1. The van der Waals surface area contributed by atoms with E-state index in [4.69, 9.17) is 9.84 Å². The van der Waals surface area contributed by atoms with E-state index in [2.05, 4.69) is 5.32 Å². The predicted molar refractivity (Wildman–Crippen MR) is 75.3 cm³/mol. The van der Waals surface area contributed by atoms with E-state index in [0.29, 0.717) is 6.42 Å². The van der Waals surface area contributed by atoms with Crippen molar-refractivity contribution in [1.29, 1.82) is 0 Å². The van der Waals surface area contributed by atoms with Gasteiger partial charge in [0.1, 0.15) is 5.75 Å². The van der Waals surface area contributed by atoms with Gasteiger partial charge in [-0.05, 0) is 37.0 Å². The lowest BCUT2D eigenvalue weighted by Gasteiger charge is -2.19. The maximum Gasteiger partial charge on any atom is 0.224 e. The minimum absolute atomic E-state index is 0.0372. The number of aliphatic hydroxyl groups excluding tert-OH is 1. The van der Waals surface area contributed by atoms with Crippen molar-refractivity contribution in [2.45, 2.75) is 33.2 Å². The van der Waals surface area contributed by atoms with Crippen molar-refractivity contribution in [1.82, 2.24) is 5.32 Å². The van der Waals surface area contributed by atoms with Gasteiger partial charge in [-0.1, -0.05) is 19.1 Å². The Bertz CT molecular complexity index is 431. The standard InChI is InChI=1S/C15H23NO3/c1-10-5-6-13(7-14(10)19-4)8-15(18)16-12(3)11(2)9-17/h5-7,11-12,17H,8-9H2,1-4H3,(H,16,18). The Hall–Kier alpha value is -1.55. The maximum absolute atomic E-state index is 11.9. The Morgan fingerprint density at radius 1 is 1.42 bits per heavy atom. The molecule has 19 heavy (non-hydrogen) atoms. The molecule has 1 aromatic rings. The highest BCUT2D eigenvalue weighted by molar-refractivity contribution is 5.79. The van der Waals surface area contributed by atoms with Crippen molar-refractivity contribution in [3.05, 3.63) is 29.3 Å². The largest absolute Gasteiger partial charge is 0.496 e. The number of aryl methyl sites for hydroxylation is 1. The average Bonchev–Trinajstić information content (AvgIpc) is 2.39. The first-order valence-corrected chi connectivity index (χ1v) is 6.51. The zero-order valence-electron chi connectivity index (χ0n) is 12.1. The second-order valence-electron chi connectivity index (χ2n) is 5.00. The van der Waals surface area contributed by atoms with E-state index < -0.39 is 0 Å². The van der Waals surface area contributed by atoms with Gasteiger partial charge in [0.15, 0.2) is 0 Å². The summed E-state index contributed by atoms with van der Waals surface area (Å²) >= 11 is 0. The molecule has 0 saturated carbocycles. The maximum atomic E-state index is 11.9. The third-order valence-corrected chi connectivity index (χ3v) is 3.37. The molecule has 0 heterocycles. The van der Waals surface area contributed by atoms with Crippen molar-refractivity contribution < 1.29 is 14.6 Å². The zero-order chi connectivity index (χ0) is 14.4. The molecular weight excluding hydrogens is 242 g/mol. The van der Waals surface area contributed by atoms with E-state index in [1.165, 1.54) is 0 Å². The fourth-order valence-corrected chi connectivity index (χ4v) is 1.77. The van der Waals surface area contributed by atoms with Crippen LogP contribution in [-0.4, -0.2) is 30.8 Å². The summed E-state index contributed by atoms with van der Waals surface area (Å²) < 4.78 is 5.24. The van der Waals surface area contributed by atoms with Crippen molar-refractivity contribution in [2.24, 2.45) is 5.92 Å². The van der Waals surface area contributed by atoms with Crippen molar-refractivity contribution in [2.75, 3.05) is 13.7 Å². The number of nitrogens with one attached hydrogen (secondary N) is 1. The van der Waals surface area contributed by atoms with Gasteiger partial charge in [-0.3, -0.25) is 4.79 Å². The van der Waals surface area contributed by atoms with Crippen LogP contribution in [0.2, 0.25) is 0 Å². The summed E-state index contributed by atoms with van der Waals surface area (Å²) in [7, 11) is 1.62. The Morgan fingerprint density at radius 2 is 2.11 bits per heavy atom. The number of hydrogen-bond donors (Lipinski definition) is 2. The lowest BCUT2D eigenvalue weighted by Crippen LogP contribution is -2.39. The van der Waals surface area contributed by atoms with Gasteiger partial charge in [-0.25, -0.2) is 0 Å². The molecule has 4 heteroatoms. The van der Waals surface area contributed by atoms with Crippen LogP contribution in [0, 0.1) is 12.8 Å². The number of amides is 1. The molecule has 0 bridgehead atoms. The van der Waals surface area contributed by atoms with E-state index in [9.17, 15) is 4.79 Å². The van der Waals surface area contributed by atoms with Crippen LogP contribution < -0.4 is 10.1 Å². The fraction of sp³-hybridized carbons (Fsp3) is 0.533. The molecule has 0 aliphatic rings. The molecule has 2 N–H and O–H groups in total. The van der Waals surface area contributed by atoms with Gasteiger partial charge in [-0.2, -0.15) is 0 Å². The summed E-state index contributed by atoms with van der Waals surface area (Å²) in [4.78, 5) is 11.9. The van der Waals surface area contributed by atoms with Crippen LogP contribution in [0.15, 0.2) is 18.2 Å². The molecule has 0 radical (unpaired) electrons. The number of rotatable bonds is 6. The van der Waals surface area contributed by atoms with Gasteiger partial charge < -0.3 is 15.2 Å². The highest BCUT2D eigenvalue weighted by Crippen LogP contribution is 2.19. The van der Waals surface area contributed by atoms with Crippen LogP contribution in [0.3, 0.4) is 0 Å². The molecule has 0 aliphatic heterocycles. The van der Waals surface area contributed by atoms with Crippen LogP contribution >= 0.6 is 0 Å². The first-order chi connectivity index (χ1) is 8.97. The molecule has 1 amide bonds. The summed E-state index contributed by atoms with van der Waals surface area (Å²) in [5, 5.41) is 11.9. The van der Waals surface area contributed by atoms with Crippen LogP contribution in [0.5, 0.6) is 5.75 Å². The van der Waals surface area contributed by atoms with Crippen molar-refractivity contribution >= 4 is 5.91 Å². The second kappa shape index (κ2) is 7.14. The number of hydrogen-bond acceptors (Lipinski definition) is 3. The van der Waals surface area contributed by atoms with Crippen LogP contribution in [-0.2, 0) is 11.2 Å². The van der Waals surface area contributed by atoms with E-state index >= 15 is 0 Å². The highest BCUT2D eigenvalue weighted by Gasteiger charge is 2.14. The summed E-state index contributed by atoms with van der Waals surface area (Å²) in [6, 6.07) is 5.72. The molecule has 1 rings (SSSR count). The van der Waals surface area contributed by atoms with E-state index in [0.717, 1.165) is 16.9 Å². The van der Waals surface area contributed by atoms with Gasteiger partial charge >= 0.3 is 0 Å². The first kappa shape index (κ1) is 15.5. The zero-order valence-corrected chi connectivity index (χ0v) is 12.1. The molecule has 2 atom stereocenters. The Labute approximate surface area is 114 Å². The van der Waals surface area contributed by atoms with E-state index in [1.54, 1.807) is 7.11 Å². The lowest BCUT2D eigenvalue weighted by molar-refractivity contribution is -0.121. The molecule has 0 saturated heterocycles. The molecule has 106 valence electrons. The molecule has 0 spiro atoms. The minimum atomic E-state index is -0.0429. The number of ether oxygens (including phenoxy) is 1. The molecular formula is C15H23NO3. The minimum Gasteiger partial charge on any atom is -0.496 e. The highest BCUT2D eigenvalue weighted by atomic mass is 16.5. The molecule has 2 unspecified atom stereocenters. The third kappa shape index (κ3) is 4.56. The normalized spacial score (nSPS) is 13.7. The number of aliphatic hydroxyl groups is 1. The van der Waals surface area contributed by atoms with Crippen molar-refractivity contribution in [3.8, 4) is 5.75 Å². The predicted octanol–water partition coefficient (Wildman–Crippen LogP) is 1.68. The molecule has 0 aromatic heterocycles. The average molecular weight is 265 g/mol. The van der Waals surface area contributed by atoms with Gasteiger partial charge in [0.25, 0.3) is 0 Å². The first-order valence-electron chi connectivity index (χ1n) is 6.51. The summed E-state index contributed by atoms with van der Waals surface area (Å²) in [6.07, 6.45) is 0.319. The van der Waals surface area contributed by atoms with Gasteiger partial charge in [-0.15, -0.1) is 0 Å². The number of carbonyl (C=O) groups is 1. The molecule has 1 aromatic carbocycles. The smallest absolute Gasteiger partial charge is 0.224 e. The van der Waals surface area contributed by atoms with Gasteiger partial charge in [0.2, 0.25) is 5.91 Å². The second-order valence-corrected chi connectivity index (χ2v) is 5.00. The topological polar surface area (TPSA) is 58.6 Å².